The van der Waals surface area contributed by atoms with Crippen molar-refractivity contribution in [3.63, 3.8) is 0 Å². The number of hydrogen-bond donors (Lipinski definition) is 2. The second-order valence-electron chi connectivity index (χ2n) is 4.51. The second kappa shape index (κ2) is 4.69. The SMILES string of the molecule is N#Cc1ccccc1S(=O)(=O)NCC1(O)CCC1. The van der Waals surface area contributed by atoms with Crippen LogP contribution in [0.1, 0.15) is 24.8 Å². The summed E-state index contributed by atoms with van der Waals surface area (Å²) < 4.78 is 26.4. The zero-order chi connectivity index (χ0) is 13.2. The van der Waals surface area contributed by atoms with E-state index >= 15 is 0 Å². The molecule has 1 fully saturated rings. The molecule has 5 nitrogen and oxygen atoms in total. The summed E-state index contributed by atoms with van der Waals surface area (Å²) in [6.07, 6.45) is 2.12. The monoisotopic (exact) mass is 266 g/mol. The maximum absolute atomic E-state index is 12.0. The topological polar surface area (TPSA) is 90.2 Å². The summed E-state index contributed by atoms with van der Waals surface area (Å²) >= 11 is 0. The number of aliphatic hydroxyl groups is 1. The van der Waals surface area contributed by atoms with Gasteiger partial charge in [0.25, 0.3) is 0 Å². The highest BCUT2D eigenvalue weighted by Crippen LogP contribution is 2.31. The Morgan fingerprint density at radius 2 is 2.06 bits per heavy atom. The summed E-state index contributed by atoms with van der Waals surface area (Å²) in [7, 11) is -3.74. The fourth-order valence-electron chi connectivity index (χ4n) is 1.86. The molecule has 0 saturated heterocycles. The van der Waals surface area contributed by atoms with Crippen molar-refractivity contribution in [2.45, 2.75) is 29.8 Å². The molecule has 1 aromatic carbocycles. The van der Waals surface area contributed by atoms with Crippen LogP contribution in [0.5, 0.6) is 0 Å². The standard InChI is InChI=1S/C12H14N2O3S/c13-8-10-4-1-2-5-11(10)18(16,17)14-9-12(15)6-3-7-12/h1-2,4-5,14-15H,3,6-7,9H2. The van der Waals surface area contributed by atoms with Gasteiger partial charge in [-0.3, -0.25) is 0 Å². The van der Waals surface area contributed by atoms with Crippen LogP contribution in [0.2, 0.25) is 0 Å². The number of nitrogens with one attached hydrogen (secondary N) is 1. The number of benzene rings is 1. The van der Waals surface area contributed by atoms with Gasteiger partial charge >= 0.3 is 0 Å². The number of sulfonamides is 1. The second-order valence-corrected chi connectivity index (χ2v) is 6.25. The van der Waals surface area contributed by atoms with Crippen LogP contribution in [0, 0.1) is 11.3 Å². The summed E-state index contributed by atoms with van der Waals surface area (Å²) in [6.45, 7) is -0.00486. The molecule has 0 spiro atoms. The quantitative estimate of drug-likeness (QED) is 0.841. The van der Waals surface area contributed by atoms with Crippen molar-refractivity contribution < 1.29 is 13.5 Å². The van der Waals surface area contributed by atoms with Gasteiger partial charge in [0.2, 0.25) is 10.0 Å². The van der Waals surface area contributed by atoms with Gasteiger partial charge in [-0.1, -0.05) is 12.1 Å². The first kappa shape index (κ1) is 13.0. The molecule has 1 saturated carbocycles. The molecule has 96 valence electrons. The molecule has 0 aromatic heterocycles. The molecule has 18 heavy (non-hydrogen) atoms. The van der Waals surface area contributed by atoms with E-state index in [1.165, 1.54) is 12.1 Å². The highest BCUT2D eigenvalue weighted by atomic mass is 32.2. The van der Waals surface area contributed by atoms with Gasteiger partial charge in [-0.25, -0.2) is 13.1 Å². The number of hydrogen-bond acceptors (Lipinski definition) is 4. The first-order chi connectivity index (χ1) is 8.47. The van der Waals surface area contributed by atoms with Crippen LogP contribution in [0.15, 0.2) is 29.2 Å². The van der Waals surface area contributed by atoms with E-state index in [2.05, 4.69) is 4.72 Å². The van der Waals surface area contributed by atoms with E-state index in [4.69, 9.17) is 5.26 Å². The zero-order valence-electron chi connectivity index (χ0n) is 9.76. The lowest BCUT2D eigenvalue weighted by atomic mass is 9.81. The third-order valence-corrected chi connectivity index (χ3v) is 4.63. The molecule has 0 amide bonds. The van der Waals surface area contributed by atoms with Crippen LogP contribution in [0.4, 0.5) is 0 Å². The number of rotatable bonds is 4. The molecule has 0 aliphatic heterocycles. The van der Waals surface area contributed by atoms with E-state index in [9.17, 15) is 13.5 Å². The lowest BCUT2D eigenvalue weighted by molar-refractivity contribution is -0.0270. The van der Waals surface area contributed by atoms with Gasteiger partial charge in [0.15, 0.2) is 0 Å². The Morgan fingerprint density at radius 1 is 1.39 bits per heavy atom. The maximum atomic E-state index is 12.0. The van der Waals surface area contributed by atoms with Crippen molar-refractivity contribution in [3.8, 4) is 6.07 Å². The zero-order valence-corrected chi connectivity index (χ0v) is 10.6. The van der Waals surface area contributed by atoms with Crippen LogP contribution in [0.3, 0.4) is 0 Å². The minimum Gasteiger partial charge on any atom is -0.389 e. The molecule has 1 aliphatic carbocycles. The van der Waals surface area contributed by atoms with Crippen molar-refractivity contribution in [2.75, 3.05) is 6.54 Å². The Kier molecular flexibility index (Phi) is 3.39. The van der Waals surface area contributed by atoms with Gasteiger partial charge in [0.05, 0.1) is 16.1 Å². The van der Waals surface area contributed by atoms with Crippen LogP contribution in [0.25, 0.3) is 0 Å². The van der Waals surface area contributed by atoms with E-state index in [0.29, 0.717) is 12.8 Å². The van der Waals surface area contributed by atoms with Crippen molar-refractivity contribution in [1.29, 1.82) is 5.26 Å². The molecule has 0 bridgehead atoms. The Hall–Kier alpha value is -1.42. The Balaban J connectivity index is 2.18. The lowest BCUT2D eigenvalue weighted by Gasteiger charge is -2.36. The number of nitrogens with zero attached hydrogens (tertiary/aromatic N) is 1. The largest absolute Gasteiger partial charge is 0.389 e. The molecule has 0 atom stereocenters. The van der Waals surface area contributed by atoms with Gasteiger partial charge in [-0.15, -0.1) is 0 Å². The van der Waals surface area contributed by atoms with Gasteiger partial charge in [0, 0.05) is 6.54 Å². The third-order valence-electron chi connectivity index (χ3n) is 3.17. The predicted molar refractivity (Wildman–Crippen MR) is 65.1 cm³/mol. The van der Waals surface area contributed by atoms with E-state index in [-0.39, 0.29) is 17.0 Å². The average molecular weight is 266 g/mol. The Morgan fingerprint density at radius 3 is 2.61 bits per heavy atom. The lowest BCUT2D eigenvalue weighted by Crippen LogP contribution is -2.47. The van der Waals surface area contributed by atoms with Gasteiger partial charge < -0.3 is 5.11 Å². The molecular formula is C12H14N2O3S. The van der Waals surface area contributed by atoms with Gasteiger partial charge in [-0.05, 0) is 31.4 Å². The molecule has 2 rings (SSSR count). The Bertz CT molecular complexity index is 586. The first-order valence-corrected chi connectivity index (χ1v) is 7.16. The van der Waals surface area contributed by atoms with Crippen molar-refractivity contribution in [1.82, 2.24) is 4.72 Å². The van der Waals surface area contributed by atoms with Gasteiger partial charge in [0.1, 0.15) is 6.07 Å². The summed E-state index contributed by atoms with van der Waals surface area (Å²) in [5, 5.41) is 18.7. The fourth-order valence-corrected chi connectivity index (χ4v) is 3.14. The summed E-state index contributed by atoms with van der Waals surface area (Å²) in [6, 6.07) is 7.85. The van der Waals surface area contributed by atoms with E-state index < -0.39 is 15.6 Å². The maximum Gasteiger partial charge on any atom is 0.241 e. The minimum absolute atomic E-state index is 0.00486. The normalized spacial score (nSPS) is 17.8. The fraction of sp³-hybridized carbons (Fsp3) is 0.417. The number of nitriles is 1. The molecule has 0 radical (unpaired) electrons. The molecule has 1 aliphatic rings. The third kappa shape index (κ3) is 2.53. The Labute approximate surface area is 106 Å². The minimum atomic E-state index is -3.74. The van der Waals surface area contributed by atoms with Crippen molar-refractivity contribution >= 4 is 10.0 Å². The van der Waals surface area contributed by atoms with E-state index in [1.54, 1.807) is 12.1 Å². The van der Waals surface area contributed by atoms with E-state index in [0.717, 1.165) is 6.42 Å². The molecular weight excluding hydrogens is 252 g/mol. The highest BCUT2D eigenvalue weighted by molar-refractivity contribution is 7.89. The summed E-state index contributed by atoms with van der Waals surface area (Å²) in [5.74, 6) is 0. The van der Waals surface area contributed by atoms with Gasteiger partial charge in [-0.2, -0.15) is 5.26 Å². The predicted octanol–water partition coefficient (Wildman–Crippen LogP) is 0.752. The van der Waals surface area contributed by atoms with Crippen LogP contribution >= 0.6 is 0 Å². The first-order valence-electron chi connectivity index (χ1n) is 5.68. The van der Waals surface area contributed by atoms with E-state index in [1.807, 2.05) is 6.07 Å². The summed E-state index contributed by atoms with van der Waals surface area (Å²) in [5.41, 5.74) is -0.820. The van der Waals surface area contributed by atoms with Crippen LogP contribution in [-0.2, 0) is 10.0 Å². The molecule has 0 heterocycles. The molecule has 1 aromatic rings. The smallest absolute Gasteiger partial charge is 0.241 e. The van der Waals surface area contributed by atoms with Crippen molar-refractivity contribution in [3.05, 3.63) is 29.8 Å². The van der Waals surface area contributed by atoms with Crippen LogP contribution in [-0.4, -0.2) is 25.7 Å². The van der Waals surface area contributed by atoms with Crippen LogP contribution < -0.4 is 4.72 Å². The highest BCUT2D eigenvalue weighted by Gasteiger charge is 2.35. The van der Waals surface area contributed by atoms with Crippen molar-refractivity contribution in [2.24, 2.45) is 0 Å². The molecule has 6 heteroatoms. The molecule has 2 N–H and O–H groups in total. The average Bonchev–Trinajstić information content (AvgIpc) is 2.34. The summed E-state index contributed by atoms with van der Waals surface area (Å²) in [4.78, 5) is -0.0459. The molecule has 0 unspecified atom stereocenters.